The predicted molar refractivity (Wildman–Crippen MR) is 85.7 cm³/mol. The van der Waals surface area contributed by atoms with Gasteiger partial charge in [-0.3, -0.25) is 10.5 Å². The Bertz CT molecular complexity index is 777. The van der Waals surface area contributed by atoms with Crippen molar-refractivity contribution in [3.8, 4) is 0 Å². The van der Waals surface area contributed by atoms with Gasteiger partial charge in [0.2, 0.25) is 0 Å². The normalized spacial score (nSPS) is 13.0. The first-order valence-electron chi connectivity index (χ1n) is 6.81. The number of rotatable bonds is 4. The summed E-state index contributed by atoms with van der Waals surface area (Å²) in [5.41, 5.74) is 5.84. The molecule has 2 aromatic heterocycles. The van der Waals surface area contributed by atoms with Crippen molar-refractivity contribution in [3.63, 3.8) is 0 Å². The molecule has 3 aromatic rings. The standard InChI is InChI=1S/C15H17BrN4O/c1-3-20-15(11(16)8-18-20)14(19-17)13-7-10-6-9(2)4-5-12(10)21-13/h4-8,14,19H,3,17H2,1-2H3. The number of halogens is 1. The number of nitrogens with one attached hydrogen (secondary N) is 1. The highest BCUT2D eigenvalue weighted by atomic mass is 79.9. The largest absolute Gasteiger partial charge is 0.459 e. The third kappa shape index (κ3) is 2.50. The molecule has 0 radical (unpaired) electrons. The van der Waals surface area contributed by atoms with Crippen LogP contribution in [0.3, 0.4) is 0 Å². The second-order valence-electron chi connectivity index (χ2n) is 4.98. The molecule has 6 heteroatoms. The molecule has 0 fully saturated rings. The Hall–Kier alpha value is -1.63. The Morgan fingerprint density at radius 2 is 2.24 bits per heavy atom. The number of furan rings is 1. The van der Waals surface area contributed by atoms with Crippen LogP contribution in [0.25, 0.3) is 11.0 Å². The Morgan fingerprint density at radius 1 is 1.43 bits per heavy atom. The summed E-state index contributed by atoms with van der Waals surface area (Å²) >= 11 is 3.53. The molecule has 3 N–H and O–H groups in total. The van der Waals surface area contributed by atoms with E-state index in [9.17, 15) is 0 Å². The summed E-state index contributed by atoms with van der Waals surface area (Å²) in [6.07, 6.45) is 1.77. The fraction of sp³-hybridized carbons (Fsp3) is 0.267. The van der Waals surface area contributed by atoms with Crippen LogP contribution in [0, 0.1) is 6.92 Å². The smallest absolute Gasteiger partial charge is 0.134 e. The number of nitrogens with zero attached hydrogens (tertiary/aromatic N) is 2. The Balaban J connectivity index is 2.11. The lowest BCUT2D eigenvalue weighted by Gasteiger charge is -2.15. The highest BCUT2D eigenvalue weighted by molar-refractivity contribution is 9.10. The van der Waals surface area contributed by atoms with E-state index in [-0.39, 0.29) is 6.04 Å². The molecule has 110 valence electrons. The van der Waals surface area contributed by atoms with E-state index in [0.29, 0.717) is 0 Å². The molecule has 0 amide bonds. The van der Waals surface area contributed by atoms with Crippen LogP contribution < -0.4 is 11.3 Å². The van der Waals surface area contributed by atoms with Crippen molar-refractivity contribution in [1.82, 2.24) is 15.2 Å². The maximum atomic E-state index is 5.95. The number of hydrogen-bond donors (Lipinski definition) is 2. The molecule has 0 saturated carbocycles. The van der Waals surface area contributed by atoms with Crippen LogP contribution in [0.4, 0.5) is 0 Å². The Labute approximate surface area is 131 Å². The predicted octanol–water partition coefficient (Wildman–Crippen LogP) is 3.27. The highest BCUT2D eigenvalue weighted by Crippen LogP contribution is 2.32. The fourth-order valence-corrected chi connectivity index (χ4v) is 3.06. The molecule has 0 aliphatic rings. The molecule has 0 aliphatic heterocycles. The molecule has 0 saturated heterocycles. The first-order chi connectivity index (χ1) is 10.1. The van der Waals surface area contributed by atoms with Crippen LogP contribution in [0.15, 0.2) is 39.4 Å². The summed E-state index contributed by atoms with van der Waals surface area (Å²) in [5.74, 6) is 6.54. The SMILES string of the molecule is CCn1ncc(Br)c1C(NN)c1cc2cc(C)ccc2o1. The van der Waals surface area contributed by atoms with Gasteiger partial charge in [0.15, 0.2) is 0 Å². The summed E-state index contributed by atoms with van der Waals surface area (Å²) in [4.78, 5) is 0. The van der Waals surface area contributed by atoms with Gasteiger partial charge in [-0.25, -0.2) is 5.43 Å². The number of aromatic nitrogens is 2. The average Bonchev–Trinajstić information content (AvgIpc) is 3.04. The number of fused-ring (bicyclic) bond motifs is 1. The zero-order valence-corrected chi connectivity index (χ0v) is 13.5. The molecule has 1 aromatic carbocycles. The third-order valence-electron chi connectivity index (χ3n) is 3.55. The minimum absolute atomic E-state index is 0.255. The zero-order valence-electron chi connectivity index (χ0n) is 11.9. The maximum absolute atomic E-state index is 5.95. The Morgan fingerprint density at radius 3 is 2.95 bits per heavy atom. The lowest BCUT2D eigenvalue weighted by Crippen LogP contribution is -2.30. The minimum atomic E-state index is -0.255. The van der Waals surface area contributed by atoms with Gasteiger partial charge < -0.3 is 4.42 Å². The number of hydrazine groups is 1. The van der Waals surface area contributed by atoms with E-state index >= 15 is 0 Å². The molecular formula is C15H17BrN4O. The van der Waals surface area contributed by atoms with Crippen LogP contribution >= 0.6 is 15.9 Å². The van der Waals surface area contributed by atoms with E-state index in [1.54, 1.807) is 6.20 Å². The summed E-state index contributed by atoms with van der Waals surface area (Å²) in [6, 6.07) is 7.88. The second kappa shape index (κ2) is 5.63. The monoisotopic (exact) mass is 348 g/mol. The van der Waals surface area contributed by atoms with Gasteiger partial charge in [0, 0.05) is 11.9 Å². The van der Waals surface area contributed by atoms with Crippen LogP contribution in [-0.2, 0) is 6.54 Å². The first kappa shape index (κ1) is 14.3. The van der Waals surface area contributed by atoms with Gasteiger partial charge in [-0.15, -0.1) is 0 Å². The van der Waals surface area contributed by atoms with Crippen LogP contribution in [-0.4, -0.2) is 9.78 Å². The zero-order chi connectivity index (χ0) is 15.0. The second-order valence-corrected chi connectivity index (χ2v) is 5.84. The summed E-state index contributed by atoms with van der Waals surface area (Å²) in [6.45, 7) is 4.87. The van der Waals surface area contributed by atoms with Crippen LogP contribution in [0.2, 0.25) is 0 Å². The van der Waals surface area contributed by atoms with Gasteiger partial charge in [-0.05, 0) is 48.0 Å². The number of nitrogens with two attached hydrogens (primary N) is 1. The lowest BCUT2D eigenvalue weighted by atomic mass is 10.1. The number of aryl methyl sites for hydroxylation is 2. The van der Waals surface area contributed by atoms with Crippen LogP contribution in [0.1, 0.15) is 30.0 Å². The van der Waals surface area contributed by atoms with Crippen molar-refractivity contribution in [2.75, 3.05) is 0 Å². The lowest BCUT2D eigenvalue weighted by molar-refractivity contribution is 0.450. The van der Waals surface area contributed by atoms with Gasteiger partial charge in [0.05, 0.1) is 16.4 Å². The molecule has 5 nitrogen and oxygen atoms in total. The van der Waals surface area contributed by atoms with Gasteiger partial charge >= 0.3 is 0 Å². The van der Waals surface area contributed by atoms with Crippen molar-refractivity contribution in [3.05, 3.63) is 52.0 Å². The van der Waals surface area contributed by atoms with Crippen molar-refractivity contribution >= 4 is 26.9 Å². The van der Waals surface area contributed by atoms with E-state index in [2.05, 4.69) is 39.4 Å². The number of hydrogen-bond acceptors (Lipinski definition) is 4. The quantitative estimate of drug-likeness (QED) is 0.560. The molecule has 0 spiro atoms. The molecule has 1 atom stereocenters. The summed E-state index contributed by atoms with van der Waals surface area (Å²) in [7, 11) is 0. The Kier molecular flexibility index (Phi) is 3.84. The summed E-state index contributed by atoms with van der Waals surface area (Å²) in [5, 5.41) is 5.40. The fourth-order valence-electron chi connectivity index (χ4n) is 2.53. The third-order valence-corrected chi connectivity index (χ3v) is 4.16. The maximum Gasteiger partial charge on any atom is 0.134 e. The van der Waals surface area contributed by atoms with Gasteiger partial charge in [-0.2, -0.15) is 5.10 Å². The molecule has 21 heavy (non-hydrogen) atoms. The van der Waals surface area contributed by atoms with E-state index in [0.717, 1.165) is 33.4 Å². The molecule has 0 aliphatic carbocycles. The van der Waals surface area contributed by atoms with E-state index in [1.165, 1.54) is 5.56 Å². The van der Waals surface area contributed by atoms with Crippen LogP contribution in [0.5, 0.6) is 0 Å². The molecule has 3 rings (SSSR count). The van der Waals surface area contributed by atoms with Crippen molar-refractivity contribution in [1.29, 1.82) is 0 Å². The van der Waals surface area contributed by atoms with Gasteiger partial charge in [0.1, 0.15) is 17.4 Å². The van der Waals surface area contributed by atoms with E-state index in [4.69, 9.17) is 10.3 Å². The molecular weight excluding hydrogens is 332 g/mol. The molecule has 1 unspecified atom stereocenters. The van der Waals surface area contributed by atoms with Crippen molar-refractivity contribution in [2.45, 2.75) is 26.4 Å². The highest BCUT2D eigenvalue weighted by Gasteiger charge is 2.23. The van der Waals surface area contributed by atoms with Gasteiger partial charge in [-0.1, -0.05) is 11.6 Å². The molecule has 0 bridgehead atoms. The minimum Gasteiger partial charge on any atom is -0.459 e. The molecule has 2 heterocycles. The van der Waals surface area contributed by atoms with Crippen molar-refractivity contribution < 1.29 is 4.42 Å². The topological polar surface area (TPSA) is 69.0 Å². The first-order valence-corrected chi connectivity index (χ1v) is 7.60. The number of benzene rings is 1. The van der Waals surface area contributed by atoms with Gasteiger partial charge in [0.25, 0.3) is 0 Å². The summed E-state index contributed by atoms with van der Waals surface area (Å²) < 4.78 is 8.75. The van der Waals surface area contributed by atoms with Crippen molar-refractivity contribution in [2.24, 2.45) is 5.84 Å². The van der Waals surface area contributed by atoms with E-state index in [1.807, 2.05) is 29.8 Å². The average molecular weight is 349 g/mol. The van der Waals surface area contributed by atoms with E-state index < -0.39 is 0 Å².